The summed E-state index contributed by atoms with van der Waals surface area (Å²) in [7, 11) is 0. The van der Waals surface area contributed by atoms with Gasteiger partial charge in [-0.05, 0) is 18.2 Å². The van der Waals surface area contributed by atoms with Crippen LogP contribution in [0.15, 0.2) is 18.2 Å². The molecule has 0 amide bonds. The van der Waals surface area contributed by atoms with Gasteiger partial charge in [-0.3, -0.25) is 0 Å². The molecule has 0 aromatic heterocycles. The summed E-state index contributed by atoms with van der Waals surface area (Å²) in [6, 6.07) is 0.496. The summed E-state index contributed by atoms with van der Waals surface area (Å²) >= 11 is 0. The van der Waals surface area contributed by atoms with Gasteiger partial charge >= 0.3 is 12.5 Å². The molecule has 0 aliphatic rings. The Labute approximate surface area is 115 Å². The average molecular weight is 326 g/mol. The lowest BCUT2D eigenvalue weighted by molar-refractivity contribution is -0.274. The van der Waals surface area contributed by atoms with Gasteiger partial charge in [-0.25, -0.2) is 0 Å². The minimum Gasteiger partial charge on any atom is -0.508 e. The standard InChI is InChI=1S/C10H9F6NO2.ClH/c11-9(12,13)4-7(17)6-3-5(1-2-8(6)18)19-10(14,15)16;/h1-3,7,18H,4,17H2;1H/t7-;/m0./s1. The van der Waals surface area contributed by atoms with Crippen molar-refractivity contribution in [2.75, 3.05) is 0 Å². The van der Waals surface area contributed by atoms with Gasteiger partial charge in [0.15, 0.2) is 0 Å². The fourth-order valence-corrected chi connectivity index (χ4v) is 1.39. The molecule has 0 unspecified atom stereocenters. The molecule has 0 aliphatic heterocycles. The second-order valence-electron chi connectivity index (χ2n) is 3.69. The average Bonchev–Trinajstić information content (AvgIpc) is 2.16. The van der Waals surface area contributed by atoms with Gasteiger partial charge in [0.1, 0.15) is 11.5 Å². The second-order valence-corrected chi connectivity index (χ2v) is 3.69. The van der Waals surface area contributed by atoms with Crippen LogP contribution in [0.4, 0.5) is 26.3 Å². The molecule has 3 N–H and O–H groups in total. The molecule has 0 saturated carbocycles. The zero-order valence-electron chi connectivity index (χ0n) is 9.63. The molecule has 116 valence electrons. The molecule has 3 nitrogen and oxygen atoms in total. The number of hydrogen-bond acceptors (Lipinski definition) is 3. The Bertz CT molecular complexity index is 448. The largest absolute Gasteiger partial charge is 0.573 e. The Hall–Kier alpha value is -1.35. The van der Waals surface area contributed by atoms with Crippen LogP contribution in [0.3, 0.4) is 0 Å². The van der Waals surface area contributed by atoms with Crippen LogP contribution in [-0.2, 0) is 0 Å². The van der Waals surface area contributed by atoms with E-state index in [4.69, 9.17) is 5.73 Å². The maximum Gasteiger partial charge on any atom is 0.573 e. The Morgan fingerprint density at radius 1 is 1.15 bits per heavy atom. The number of halogens is 7. The third kappa shape index (κ3) is 6.20. The predicted octanol–water partition coefficient (Wildman–Crippen LogP) is 3.66. The van der Waals surface area contributed by atoms with Crippen molar-refractivity contribution in [3.05, 3.63) is 23.8 Å². The molecule has 0 fully saturated rings. The first-order valence-electron chi connectivity index (χ1n) is 4.89. The highest BCUT2D eigenvalue weighted by atomic mass is 35.5. The molecule has 1 rings (SSSR count). The van der Waals surface area contributed by atoms with Crippen molar-refractivity contribution in [1.29, 1.82) is 0 Å². The first kappa shape index (κ1) is 18.7. The summed E-state index contributed by atoms with van der Waals surface area (Å²) < 4.78 is 75.7. The summed E-state index contributed by atoms with van der Waals surface area (Å²) in [4.78, 5) is 0. The van der Waals surface area contributed by atoms with E-state index >= 15 is 0 Å². The van der Waals surface area contributed by atoms with Crippen LogP contribution < -0.4 is 10.5 Å². The Morgan fingerprint density at radius 2 is 1.70 bits per heavy atom. The fraction of sp³-hybridized carbons (Fsp3) is 0.400. The Balaban J connectivity index is 0.00000361. The molecule has 20 heavy (non-hydrogen) atoms. The smallest absolute Gasteiger partial charge is 0.508 e. The lowest BCUT2D eigenvalue weighted by Crippen LogP contribution is -2.21. The minimum absolute atomic E-state index is 0. The van der Waals surface area contributed by atoms with Crippen LogP contribution >= 0.6 is 12.4 Å². The molecule has 1 aromatic rings. The van der Waals surface area contributed by atoms with E-state index in [1.165, 1.54) is 0 Å². The molecule has 1 atom stereocenters. The zero-order chi connectivity index (χ0) is 14.8. The molecule has 10 heteroatoms. The third-order valence-corrected chi connectivity index (χ3v) is 2.08. The van der Waals surface area contributed by atoms with E-state index in [-0.39, 0.29) is 12.4 Å². The highest BCUT2D eigenvalue weighted by Gasteiger charge is 2.34. The molecule has 0 aliphatic carbocycles. The Morgan fingerprint density at radius 3 is 2.15 bits per heavy atom. The van der Waals surface area contributed by atoms with Gasteiger partial charge in [0.2, 0.25) is 0 Å². The Kier molecular flexibility index (Phi) is 5.97. The number of alkyl halides is 6. The normalized spacial score (nSPS) is 13.6. The van der Waals surface area contributed by atoms with Crippen molar-refractivity contribution in [3.8, 4) is 11.5 Å². The van der Waals surface area contributed by atoms with E-state index in [9.17, 15) is 31.4 Å². The van der Waals surface area contributed by atoms with E-state index in [1.54, 1.807) is 0 Å². The highest BCUT2D eigenvalue weighted by Crippen LogP contribution is 2.35. The van der Waals surface area contributed by atoms with Crippen LogP contribution in [0.1, 0.15) is 18.0 Å². The van der Waals surface area contributed by atoms with Crippen LogP contribution in [0, 0.1) is 0 Å². The maximum absolute atomic E-state index is 12.1. The summed E-state index contributed by atoms with van der Waals surface area (Å²) in [6.45, 7) is 0. The fourth-order valence-electron chi connectivity index (χ4n) is 1.39. The van der Waals surface area contributed by atoms with Gasteiger partial charge in [-0.1, -0.05) is 0 Å². The number of nitrogens with two attached hydrogens (primary N) is 1. The minimum atomic E-state index is -4.98. The number of phenolic OH excluding ortho intramolecular Hbond substituents is 1. The lowest BCUT2D eigenvalue weighted by Gasteiger charge is -2.17. The molecular formula is C10H10ClF6NO2. The van der Waals surface area contributed by atoms with E-state index in [1.807, 2.05) is 0 Å². The van der Waals surface area contributed by atoms with E-state index in [2.05, 4.69) is 4.74 Å². The van der Waals surface area contributed by atoms with Crippen LogP contribution in [0.25, 0.3) is 0 Å². The molecule has 0 heterocycles. The van der Waals surface area contributed by atoms with Crippen molar-refractivity contribution >= 4 is 12.4 Å². The van der Waals surface area contributed by atoms with E-state index in [0.29, 0.717) is 6.07 Å². The molecular weight excluding hydrogens is 316 g/mol. The summed E-state index contributed by atoms with van der Waals surface area (Å²) in [6.07, 6.45) is -11.1. The van der Waals surface area contributed by atoms with Gasteiger partial charge in [0.05, 0.1) is 6.42 Å². The van der Waals surface area contributed by atoms with Crippen LogP contribution in [-0.4, -0.2) is 17.6 Å². The topological polar surface area (TPSA) is 55.5 Å². The summed E-state index contributed by atoms with van der Waals surface area (Å²) in [5, 5.41) is 9.32. The van der Waals surface area contributed by atoms with Gasteiger partial charge in [-0.2, -0.15) is 13.2 Å². The summed E-state index contributed by atoms with van der Waals surface area (Å²) in [5.41, 5.74) is 4.72. The number of phenols is 1. The van der Waals surface area contributed by atoms with Crippen molar-refractivity contribution < 1.29 is 36.2 Å². The number of aromatic hydroxyl groups is 1. The first-order chi connectivity index (χ1) is 8.48. The summed E-state index contributed by atoms with van der Waals surface area (Å²) in [5.74, 6) is -1.39. The number of ether oxygens (including phenoxy) is 1. The van der Waals surface area contributed by atoms with Crippen molar-refractivity contribution in [2.24, 2.45) is 5.73 Å². The quantitative estimate of drug-likeness (QED) is 0.834. The van der Waals surface area contributed by atoms with Crippen LogP contribution in [0.5, 0.6) is 11.5 Å². The number of hydrogen-bond donors (Lipinski definition) is 2. The van der Waals surface area contributed by atoms with Gasteiger partial charge in [0, 0.05) is 11.6 Å². The predicted molar refractivity (Wildman–Crippen MR) is 59.6 cm³/mol. The van der Waals surface area contributed by atoms with E-state index in [0.717, 1.165) is 12.1 Å². The highest BCUT2D eigenvalue weighted by molar-refractivity contribution is 5.85. The second kappa shape index (κ2) is 6.40. The molecule has 1 aromatic carbocycles. The monoisotopic (exact) mass is 325 g/mol. The van der Waals surface area contributed by atoms with E-state index < -0.39 is 42.1 Å². The molecule has 0 bridgehead atoms. The van der Waals surface area contributed by atoms with Gasteiger partial charge in [0.25, 0.3) is 0 Å². The molecule has 0 spiro atoms. The molecule has 0 radical (unpaired) electrons. The van der Waals surface area contributed by atoms with Gasteiger partial charge in [-0.15, -0.1) is 25.6 Å². The maximum atomic E-state index is 12.1. The third-order valence-electron chi connectivity index (χ3n) is 2.08. The van der Waals surface area contributed by atoms with Crippen molar-refractivity contribution in [3.63, 3.8) is 0 Å². The van der Waals surface area contributed by atoms with Crippen molar-refractivity contribution in [2.45, 2.75) is 25.0 Å². The zero-order valence-corrected chi connectivity index (χ0v) is 10.4. The number of rotatable bonds is 3. The lowest BCUT2D eigenvalue weighted by atomic mass is 10.0. The SMILES string of the molecule is Cl.N[C@@H](CC(F)(F)F)c1cc(OC(F)(F)F)ccc1O. The number of benzene rings is 1. The first-order valence-corrected chi connectivity index (χ1v) is 4.89. The van der Waals surface area contributed by atoms with Crippen LogP contribution in [0.2, 0.25) is 0 Å². The van der Waals surface area contributed by atoms with Crippen molar-refractivity contribution in [1.82, 2.24) is 0 Å². The molecule has 0 saturated heterocycles. The van der Waals surface area contributed by atoms with Gasteiger partial charge < -0.3 is 15.6 Å².